The highest BCUT2D eigenvalue weighted by molar-refractivity contribution is 14.0. The van der Waals surface area contributed by atoms with Crippen molar-refractivity contribution in [2.75, 3.05) is 33.4 Å². The number of halogens is 1. The van der Waals surface area contributed by atoms with Gasteiger partial charge in [0.25, 0.3) is 0 Å². The summed E-state index contributed by atoms with van der Waals surface area (Å²) in [5.74, 6) is 3.22. The lowest BCUT2D eigenvalue weighted by atomic mass is 10.2. The van der Waals surface area contributed by atoms with Crippen molar-refractivity contribution in [3.63, 3.8) is 0 Å². The molecule has 1 aliphatic heterocycles. The van der Waals surface area contributed by atoms with Gasteiger partial charge >= 0.3 is 0 Å². The van der Waals surface area contributed by atoms with Gasteiger partial charge in [-0.3, -0.25) is 4.99 Å². The molecular formula is C21H28IN3O3. The standard InChI is InChI=1S/C21H27N3O3.HI/c1-16-4-7-18(8-5-16)25-13-10-23-21(22-2)24-15-17-6-9-19-20(14-17)27-12-3-11-26-19;/h4-9,14H,3,10-13,15H2,1-2H3,(H2,22,23,24);1H. The zero-order valence-corrected chi connectivity index (χ0v) is 18.7. The molecule has 0 aliphatic carbocycles. The maximum absolute atomic E-state index is 5.74. The molecule has 0 amide bonds. The summed E-state index contributed by atoms with van der Waals surface area (Å²) in [6.07, 6.45) is 0.906. The summed E-state index contributed by atoms with van der Waals surface area (Å²) in [7, 11) is 1.75. The number of guanidine groups is 1. The SMILES string of the molecule is CN=C(NCCOc1ccc(C)cc1)NCc1ccc2c(c1)OCCCO2.I. The molecule has 0 saturated heterocycles. The Kier molecular flexibility index (Phi) is 9.19. The molecule has 0 radical (unpaired) electrons. The fourth-order valence-electron chi connectivity index (χ4n) is 2.70. The zero-order valence-electron chi connectivity index (χ0n) is 16.4. The van der Waals surface area contributed by atoms with Crippen molar-refractivity contribution in [3.8, 4) is 17.2 Å². The Balaban J connectivity index is 0.00000280. The van der Waals surface area contributed by atoms with E-state index in [4.69, 9.17) is 14.2 Å². The first-order valence-corrected chi connectivity index (χ1v) is 9.27. The van der Waals surface area contributed by atoms with Crippen LogP contribution >= 0.6 is 24.0 Å². The molecule has 0 fully saturated rings. The molecule has 6 nitrogen and oxygen atoms in total. The van der Waals surface area contributed by atoms with Crippen molar-refractivity contribution in [2.45, 2.75) is 19.9 Å². The van der Waals surface area contributed by atoms with Gasteiger partial charge in [0.05, 0.1) is 19.8 Å². The summed E-state index contributed by atoms with van der Waals surface area (Å²) in [5, 5.41) is 6.55. The molecule has 28 heavy (non-hydrogen) atoms. The quantitative estimate of drug-likeness (QED) is 0.277. The highest BCUT2D eigenvalue weighted by Crippen LogP contribution is 2.30. The van der Waals surface area contributed by atoms with E-state index in [1.165, 1.54) is 5.56 Å². The van der Waals surface area contributed by atoms with E-state index >= 15 is 0 Å². The largest absolute Gasteiger partial charge is 0.492 e. The van der Waals surface area contributed by atoms with Gasteiger partial charge in [-0.25, -0.2) is 0 Å². The van der Waals surface area contributed by atoms with Crippen molar-refractivity contribution in [1.82, 2.24) is 10.6 Å². The lowest BCUT2D eigenvalue weighted by Gasteiger charge is -2.14. The molecule has 0 aromatic heterocycles. The molecular weight excluding hydrogens is 469 g/mol. The Morgan fingerprint density at radius 3 is 2.54 bits per heavy atom. The van der Waals surface area contributed by atoms with Gasteiger partial charge in [-0.05, 0) is 36.8 Å². The minimum absolute atomic E-state index is 0. The third kappa shape index (κ3) is 6.78. The number of benzene rings is 2. The van der Waals surface area contributed by atoms with Crippen LogP contribution in [0.5, 0.6) is 17.2 Å². The number of nitrogens with zero attached hydrogens (tertiary/aromatic N) is 1. The maximum Gasteiger partial charge on any atom is 0.191 e. The van der Waals surface area contributed by atoms with E-state index < -0.39 is 0 Å². The van der Waals surface area contributed by atoms with Gasteiger partial charge < -0.3 is 24.8 Å². The van der Waals surface area contributed by atoms with E-state index in [9.17, 15) is 0 Å². The summed E-state index contributed by atoms with van der Waals surface area (Å²) >= 11 is 0. The monoisotopic (exact) mass is 497 g/mol. The van der Waals surface area contributed by atoms with Crippen molar-refractivity contribution >= 4 is 29.9 Å². The van der Waals surface area contributed by atoms with E-state index in [-0.39, 0.29) is 24.0 Å². The summed E-state index contributed by atoms with van der Waals surface area (Å²) in [5.41, 5.74) is 2.33. The molecule has 152 valence electrons. The van der Waals surface area contributed by atoms with E-state index in [2.05, 4.69) is 22.5 Å². The van der Waals surface area contributed by atoms with Crippen LogP contribution in [0.3, 0.4) is 0 Å². The molecule has 2 aromatic carbocycles. The number of hydrogen-bond acceptors (Lipinski definition) is 4. The van der Waals surface area contributed by atoms with Crippen LogP contribution in [0.2, 0.25) is 0 Å². The molecule has 1 aliphatic rings. The second kappa shape index (κ2) is 11.6. The Hall–Kier alpha value is -2.16. The third-order valence-corrected chi connectivity index (χ3v) is 4.18. The number of aryl methyl sites for hydroxylation is 1. The lowest BCUT2D eigenvalue weighted by Crippen LogP contribution is -2.38. The van der Waals surface area contributed by atoms with Crippen LogP contribution in [-0.2, 0) is 6.54 Å². The van der Waals surface area contributed by atoms with Crippen LogP contribution in [0.4, 0.5) is 0 Å². The topological polar surface area (TPSA) is 64.1 Å². The molecule has 2 aromatic rings. The van der Waals surface area contributed by atoms with Crippen LogP contribution in [-0.4, -0.2) is 39.4 Å². The average Bonchev–Trinajstić information content (AvgIpc) is 2.93. The van der Waals surface area contributed by atoms with Gasteiger partial charge in [-0.15, -0.1) is 24.0 Å². The second-order valence-electron chi connectivity index (χ2n) is 6.35. The van der Waals surface area contributed by atoms with Crippen LogP contribution in [0, 0.1) is 6.92 Å². The highest BCUT2D eigenvalue weighted by atomic mass is 127. The lowest BCUT2D eigenvalue weighted by molar-refractivity contribution is 0.297. The Morgan fingerprint density at radius 2 is 1.79 bits per heavy atom. The number of ether oxygens (including phenoxy) is 3. The fourth-order valence-corrected chi connectivity index (χ4v) is 2.70. The van der Waals surface area contributed by atoms with Crippen molar-refractivity contribution < 1.29 is 14.2 Å². The number of rotatable bonds is 6. The van der Waals surface area contributed by atoms with Crippen molar-refractivity contribution in [2.24, 2.45) is 4.99 Å². The molecule has 0 atom stereocenters. The van der Waals surface area contributed by atoms with Crippen molar-refractivity contribution in [1.29, 1.82) is 0 Å². The first-order valence-electron chi connectivity index (χ1n) is 9.27. The first kappa shape index (κ1) is 22.1. The molecule has 0 bridgehead atoms. The average molecular weight is 497 g/mol. The Labute approximate surface area is 183 Å². The van der Waals surface area contributed by atoms with E-state index in [0.29, 0.717) is 32.9 Å². The molecule has 0 spiro atoms. The number of aliphatic imine (C=N–C) groups is 1. The molecule has 3 rings (SSSR count). The normalized spacial score (nSPS) is 13.1. The van der Waals surface area contributed by atoms with Gasteiger partial charge in [-0.1, -0.05) is 23.8 Å². The molecule has 2 N–H and O–H groups in total. The van der Waals surface area contributed by atoms with Gasteiger partial charge in [0, 0.05) is 20.0 Å². The van der Waals surface area contributed by atoms with Crippen LogP contribution in [0.1, 0.15) is 17.5 Å². The van der Waals surface area contributed by atoms with Crippen LogP contribution in [0.15, 0.2) is 47.5 Å². The predicted molar refractivity (Wildman–Crippen MR) is 122 cm³/mol. The van der Waals surface area contributed by atoms with Gasteiger partial charge in [-0.2, -0.15) is 0 Å². The van der Waals surface area contributed by atoms with E-state index in [1.54, 1.807) is 7.05 Å². The van der Waals surface area contributed by atoms with Gasteiger partial charge in [0.15, 0.2) is 17.5 Å². The second-order valence-corrected chi connectivity index (χ2v) is 6.35. The van der Waals surface area contributed by atoms with Crippen LogP contribution in [0.25, 0.3) is 0 Å². The van der Waals surface area contributed by atoms with Crippen LogP contribution < -0.4 is 24.8 Å². The van der Waals surface area contributed by atoms with E-state index in [0.717, 1.165) is 35.2 Å². The third-order valence-electron chi connectivity index (χ3n) is 4.18. The first-order chi connectivity index (χ1) is 13.2. The summed E-state index contributed by atoms with van der Waals surface area (Å²) < 4.78 is 17.1. The summed E-state index contributed by atoms with van der Waals surface area (Å²) in [4.78, 5) is 4.24. The zero-order chi connectivity index (χ0) is 18.9. The Morgan fingerprint density at radius 1 is 1.04 bits per heavy atom. The minimum Gasteiger partial charge on any atom is -0.492 e. The number of hydrogen-bond donors (Lipinski definition) is 2. The Bertz CT molecular complexity index is 766. The van der Waals surface area contributed by atoms with Gasteiger partial charge in [0.2, 0.25) is 0 Å². The maximum atomic E-state index is 5.74. The summed E-state index contributed by atoms with van der Waals surface area (Å²) in [6.45, 7) is 5.32. The molecule has 1 heterocycles. The number of fused-ring (bicyclic) bond motifs is 1. The minimum atomic E-state index is 0. The number of nitrogens with one attached hydrogen (secondary N) is 2. The van der Waals surface area contributed by atoms with Crippen molar-refractivity contribution in [3.05, 3.63) is 53.6 Å². The highest BCUT2D eigenvalue weighted by Gasteiger charge is 2.10. The molecule has 0 unspecified atom stereocenters. The smallest absolute Gasteiger partial charge is 0.191 e. The fraction of sp³-hybridized carbons (Fsp3) is 0.381. The molecule has 7 heteroatoms. The summed E-state index contributed by atoms with van der Waals surface area (Å²) in [6, 6.07) is 14.1. The van der Waals surface area contributed by atoms with Gasteiger partial charge in [0.1, 0.15) is 12.4 Å². The molecule has 0 saturated carbocycles. The predicted octanol–water partition coefficient (Wildman–Crippen LogP) is 3.52. The van der Waals surface area contributed by atoms with E-state index in [1.807, 2.05) is 42.5 Å².